The molecule has 1 heterocycles. The number of benzene rings is 1. The Labute approximate surface area is 164 Å². The molecular weight excluding hydrogens is 366 g/mol. The Morgan fingerprint density at radius 1 is 1.35 bits per heavy atom. The molecule has 0 radical (unpaired) electrons. The normalized spacial score (nSPS) is 11.5. The Hall–Kier alpha value is -2.12. The number of anilines is 1. The van der Waals surface area contributed by atoms with Crippen LogP contribution in [-0.4, -0.2) is 48.1 Å². The lowest BCUT2D eigenvalue weighted by Crippen LogP contribution is -2.32. The molecule has 0 aliphatic rings. The van der Waals surface area contributed by atoms with Crippen LogP contribution in [0, 0.1) is 0 Å². The number of carbonyl (C=O) groups is 1. The third kappa shape index (κ3) is 6.31. The first-order valence-electron chi connectivity index (χ1n) is 8.24. The first-order chi connectivity index (χ1) is 12.6. The van der Waals surface area contributed by atoms with E-state index in [-0.39, 0.29) is 11.2 Å². The average Bonchev–Trinajstić information content (AvgIpc) is 2.68. The number of thioether (sulfide) groups is 1. The summed E-state index contributed by atoms with van der Waals surface area (Å²) in [6, 6.07) is 13.7. The van der Waals surface area contributed by atoms with Gasteiger partial charge in [0.1, 0.15) is 18.2 Å². The van der Waals surface area contributed by atoms with Gasteiger partial charge in [0, 0.05) is 13.2 Å². The third-order valence-electron chi connectivity index (χ3n) is 3.86. The highest BCUT2D eigenvalue weighted by molar-refractivity contribution is 7.99. The zero-order valence-corrected chi connectivity index (χ0v) is 16.6. The molecule has 0 aliphatic heterocycles. The zero-order valence-electron chi connectivity index (χ0n) is 14.9. The number of pyridine rings is 1. The van der Waals surface area contributed by atoms with E-state index >= 15 is 0 Å². The van der Waals surface area contributed by atoms with Gasteiger partial charge in [0.15, 0.2) is 0 Å². The van der Waals surface area contributed by atoms with E-state index in [0.29, 0.717) is 13.0 Å². The van der Waals surface area contributed by atoms with Crippen LogP contribution in [0.4, 0.5) is 5.82 Å². The summed E-state index contributed by atoms with van der Waals surface area (Å²) >= 11 is 6.19. The molecule has 2 rings (SSSR count). The van der Waals surface area contributed by atoms with Gasteiger partial charge in [0.2, 0.25) is 5.91 Å². The second kappa shape index (κ2) is 10.8. The van der Waals surface area contributed by atoms with Crippen molar-refractivity contribution in [2.45, 2.75) is 11.7 Å². The van der Waals surface area contributed by atoms with Crippen LogP contribution >= 0.6 is 24.0 Å². The smallest absolute Gasteiger partial charge is 0.237 e. The first kappa shape index (κ1) is 20.2. The fourth-order valence-electron chi connectivity index (χ4n) is 2.36. The maximum Gasteiger partial charge on any atom is 0.237 e. The second-order valence-electron chi connectivity index (χ2n) is 5.66. The predicted molar refractivity (Wildman–Crippen MR) is 112 cm³/mol. The van der Waals surface area contributed by atoms with E-state index < -0.39 is 0 Å². The number of rotatable bonds is 10. The minimum atomic E-state index is -0.159. The van der Waals surface area contributed by atoms with Gasteiger partial charge < -0.3 is 15.0 Å². The Morgan fingerprint density at radius 3 is 2.73 bits per heavy atom. The molecule has 1 aromatic heterocycles. The van der Waals surface area contributed by atoms with Crippen molar-refractivity contribution in [2.75, 3.05) is 31.4 Å². The van der Waals surface area contributed by atoms with Crippen LogP contribution in [0.5, 0.6) is 5.75 Å². The predicted octanol–water partition coefficient (Wildman–Crippen LogP) is 2.94. The molecule has 0 saturated heterocycles. The molecular formula is C19H23N3O2S2. The van der Waals surface area contributed by atoms with Crippen LogP contribution in [0.15, 0.2) is 48.7 Å². The monoisotopic (exact) mass is 389 g/mol. The van der Waals surface area contributed by atoms with Crippen molar-refractivity contribution in [3.63, 3.8) is 0 Å². The summed E-state index contributed by atoms with van der Waals surface area (Å²) in [5.74, 6) is 1.67. The van der Waals surface area contributed by atoms with E-state index in [1.165, 1.54) is 17.3 Å². The van der Waals surface area contributed by atoms with Gasteiger partial charge in [-0.25, -0.2) is 4.98 Å². The maximum atomic E-state index is 11.9. The number of thiocarbonyl (C=S) groups is 1. The van der Waals surface area contributed by atoms with Crippen molar-refractivity contribution in [1.82, 2.24) is 10.3 Å². The molecule has 5 nitrogen and oxygen atoms in total. The van der Waals surface area contributed by atoms with Crippen LogP contribution in [-0.2, 0) is 11.2 Å². The van der Waals surface area contributed by atoms with Gasteiger partial charge in [0.25, 0.3) is 0 Å². The highest BCUT2D eigenvalue weighted by Gasteiger charge is 2.16. The number of nitrogens with one attached hydrogen (secondary N) is 1. The van der Waals surface area contributed by atoms with Crippen molar-refractivity contribution < 1.29 is 9.53 Å². The summed E-state index contributed by atoms with van der Waals surface area (Å²) in [5.41, 5.74) is 2.34. The van der Waals surface area contributed by atoms with Gasteiger partial charge in [-0.15, -0.1) is 0 Å². The van der Waals surface area contributed by atoms with Gasteiger partial charge in [0.05, 0.1) is 17.3 Å². The Balaban J connectivity index is 1.81. The number of likely N-dealkylation sites (N-methyl/N-ethyl adjacent to an activating group) is 1. The topological polar surface area (TPSA) is 54.5 Å². The highest BCUT2D eigenvalue weighted by atomic mass is 32.2. The van der Waals surface area contributed by atoms with Gasteiger partial charge in [-0.3, -0.25) is 4.79 Å². The average molecular weight is 390 g/mol. The SMILES string of the molecule is CSC(Cc1ccc(OCCN(C)c2ccccn2)cc1)C(=O)NC=S. The molecule has 138 valence electrons. The molecule has 0 bridgehead atoms. The van der Waals surface area contributed by atoms with Crippen LogP contribution in [0.2, 0.25) is 0 Å². The third-order valence-corrected chi connectivity index (χ3v) is 4.93. The summed E-state index contributed by atoms with van der Waals surface area (Å²) in [7, 11) is 1.99. The van der Waals surface area contributed by atoms with Crippen molar-refractivity contribution in [2.24, 2.45) is 0 Å². The van der Waals surface area contributed by atoms with Crippen LogP contribution < -0.4 is 15.0 Å². The molecule has 0 saturated carbocycles. The van der Waals surface area contributed by atoms with Crippen LogP contribution in [0.25, 0.3) is 0 Å². The lowest BCUT2D eigenvalue weighted by Gasteiger charge is -2.18. The minimum absolute atomic E-state index is 0.0645. The zero-order chi connectivity index (χ0) is 18.8. The lowest BCUT2D eigenvalue weighted by molar-refractivity contribution is -0.119. The van der Waals surface area contributed by atoms with Crippen molar-refractivity contribution in [3.05, 3.63) is 54.2 Å². The molecule has 1 unspecified atom stereocenters. The summed E-state index contributed by atoms with van der Waals surface area (Å²) < 4.78 is 5.80. The fraction of sp³-hybridized carbons (Fsp3) is 0.316. The molecule has 0 aliphatic carbocycles. The molecule has 0 spiro atoms. The molecule has 2 aromatic rings. The standard InChI is InChI=1S/C19H23N3O2S2/c1-22(18-5-3-4-10-20-18)11-12-24-16-8-6-15(7-9-16)13-17(26-2)19(23)21-14-25/h3-10,14,17H,11-13H2,1-2H3,(H,21,23,25). The fourth-order valence-corrected chi connectivity index (χ4v) is 3.12. The number of amides is 1. The Bertz CT molecular complexity index is 696. The molecule has 0 fully saturated rings. The summed E-state index contributed by atoms with van der Waals surface area (Å²) in [6.07, 6.45) is 4.35. The summed E-state index contributed by atoms with van der Waals surface area (Å²) in [6.45, 7) is 1.31. The van der Waals surface area contributed by atoms with Crippen molar-refractivity contribution >= 4 is 41.2 Å². The van der Waals surface area contributed by atoms with Gasteiger partial charge in [-0.05, 0) is 42.5 Å². The Morgan fingerprint density at radius 2 is 2.12 bits per heavy atom. The molecule has 26 heavy (non-hydrogen) atoms. The van der Waals surface area contributed by atoms with Crippen LogP contribution in [0.3, 0.4) is 0 Å². The maximum absolute atomic E-state index is 11.9. The van der Waals surface area contributed by atoms with Gasteiger partial charge in [-0.1, -0.05) is 30.4 Å². The minimum Gasteiger partial charge on any atom is -0.492 e. The molecule has 1 aromatic carbocycles. The number of hydrogen-bond donors (Lipinski definition) is 1. The number of nitrogens with zero attached hydrogens (tertiary/aromatic N) is 2. The Kier molecular flexibility index (Phi) is 8.37. The summed E-state index contributed by atoms with van der Waals surface area (Å²) in [5, 5.41) is 2.42. The molecule has 7 heteroatoms. The molecule has 1 N–H and O–H groups in total. The van der Waals surface area contributed by atoms with E-state index in [2.05, 4.69) is 22.5 Å². The van der Waals surface area contributed by atoms with E-state index in [9.17, 15) is 4.79 Å². The number of hydrogen-bond acceptors (Lipinski definition) is 6. The van der Waals surface area contributed by atoms with Crippen molar-refractivity contribution in [3.8, 4) is 5.75 Å². The van der Waals surface area contributed by atoms with Crippen LogP contribution in [0.1, 0.15) is 5.56 Å². The molecule has 1 amide bonds. The van der Waals surface area contributed by atoms with E-state index in [1.54, 1.807) is 6.20 Å². The highest BCUT2D eigenvalue weighted by Crippen LogP contribution is 2.18. The lowest BCUT2D eigenvalue weighted by atomic mass is 10.1. The van der Waals surface area contributed by atoms with Crippen molar-refractivity contribution in [1.29, 1.82) is 0 Å². The molecule has 1 atom stereocenters. The van der Waals surface area contributed by atoms with Gasteiger partial charge in [-0.2, -0.15) is 11.8 Å². The first-order valence-corrected chi connectivity index (χ1v) is 10.0. The van der Waals surface area contributed by atoms with E-state index in [4.69, 9.17) is 4.74 Å². The number of carbonyl (C=O) groups excluding carboxylic acids is 1. The quantitative estimate of drug-likeness (QED) is 0.631. The second-order valence-corrected chi connectivity index (χ2v) is 6.93. The van der Waals surface area contributed by atoms with E-state index in [1.807, 2.05) is 60.7 Å². The van der Waals surface area contributed by atoms with E-state index in [0.717, 1.165) is 23.7 Å². The number of ether oxygens (including phenoxy) is 1. The number of aromatic nitrogens is 1. The van der Waals surface area contributed by atoms with Gasteiger partial charge >= 0.3 is 0 Å². The largest absolute Gasteiger partial charge is 0.492 e. The summed E-state index contributed by atoms with van der Waals surface area (Å²) in [4.78, 5) is 18.3.